The lowest BCUT2D eigenvalue weighted by Gasteiger charge is -2.09. The summed E-state index contributed by atoms with van der Waals surface area (Å²) in [4.78, 5) is 4.33. The van der Waals surface area contributed by atoms with E-state index in [1.54, 1.807) is 0 Å². The van der Waals surface area contributed by atoms with Gasteiger partial charge in [-0.15, -0.1) is 0 Å². The van der Waals surface area contributed by atoms with Gasteiger partial charge in [-0.1, -0.05) is 19.1 Å². The molecule has 0 spiro atoms. The SMILES string of the molecule is CCc1cccc(Nc2nccc(C)c2Br)c1. The first-order chi connectivity index (χ1) is 8.20. The van der Waals surface area contributed by atoms with Crippen LogP contribution in [0.15, 0.2) is 41.0 Å². The van der Waals surface area contributed by atoms with Crippen LogP contribution in [0.25, 0.3) is 0 Å². The summed E-state index contributed by atoms with van der Waals surface area (Å²) in [7, 11) is 0. The second-order valence-corrected chi connectivity index (χ2v) is 4.76. The van der Waals surface area contributed by atoms with Crippen LogP contribution < -0.4 is 5.32 Å². The standard InChI is InChI=1S/C14H15BrN2/c1-3-11-5-4-6-12(9-11)17-14-13(15)10(2)7-8-16-14/h4-9H,3H2,1-2H3,(H,16,17). The predicted molar refractivity (Wildman–Crippen MR) is 75.8 cm³/mol. The quantitative estimate of drug-likeness (QED) is 0.903. The van der Waals surface area contributed by atoms with E-state index < -0.39 is 0 Å². The maximum atomic E-state index is 4.33. The van der Waals surface area contributed by atoms with Crippen molar-refractivity contribution in [2.75, 3.05) is 5.32 Å². The summed E-state index contributed by atoms with van der Waals surface area (Å²) >= 11 is 3.55. The Kier molecular flexibility index (Phi) is 3.79. The maximum Gasteiger partial charge on any atom is 0.144 e. The molecule has 0 radical (unpaired) electrons. The van der Waals surface area contributed by atoms with E-state index in [2.05, 4.69) is 64.3 Å². The van der Waals surface area contributed by atoms with E-state index in [1.807, 2.05) is 12.3 Å². The Labute approximate surface area is 110 Å². The highest BCUT2D eigenvalue weighted by Gasteiger charge is 2.04. The number of aryl methyl sites for hydroxylation is 2. The monoisotopic (exact) mass is 290 g/mol. The minimum Gasteiger partial charge on any atom is -0.339 e. The summed E-state index contributed by atoms with van der Waals surface area (Å²) in [5, 5.41) is 3.33. The fourth-order valence-corrected chi connectivity index (χ4v) is 1.97. The summed E-state index contributed by atoms with van der Waals surface area (Å²) in [5.41, 5.74) is 3.57. The minimum absolute atomic E-state index is 0.859. The third-order valence-corrected chi connectivity index (χ3v) is 3.68. The molecule has 88 valence electrons. The van der Waals surface area contributed by atoms with Gasteiger partial charge < -0.3 is 5.32 Å². The number of halogens is 1. The Morgan fingerprint density at radius 2 is 2.12 bits per heavy atom. The van der Waals surface area contributed by atoms with Crippen LogP contribution in [0.4, 0.5) is 11.5 Å². The van der Waals surface area contributed by atoms with Crippen molar-refractivity contribution in [3.05, 3.63) is 52.1 Å². The Morgan fingerprint density at radius 3 is 2.88 bits per heavy atom. The van der Waals surface area contributed by atoms with Crippen molar-refractivity contribution in [3.8, 4) is 0 Å². The highest BCUT2D eigenvalue weighted by atomic mass is 79.9. The summed E-state index contributed by atoms with van der Waals surface area (Å²) < 4.78 is 1.02. The molecule has 0 fully saturated rings. The van der Waals surface area contributed by atoms with Crippen LogP contribution in [-0.2, 0) is 6.42 Å². The molecule has 2 aromatic rings. The van der Waals surface area contributed by atoms with Crippen molar-refractivity contribution in [2.45, 2.75) is 20.3 Å². The molecule has 0 atom stereocenters. The van der Waals surface area contributed by atoms with Gasteiger partial charge in [-0.05, 0) is 58.6 Å². The van der Waals surface area contributed by atoms with E-state index in [4.69, 9.17) is 0 Å². The van der Waals surface area contributed by atoms with Gasteiger partial charge in [-0.3, -0.25) is 0 Å². The average Bonchev–Trinajstić information content (AvgIpc) is 2.35. The Hall–Kier alpha value is -1.35. The van der Waals surface area contributed by atoms with Crippen molar-refractivity contribution in [1.29, 1.82) is 0 Å². The number of rotatable bonds is 3. The minimum atomic E-state index is 0.859. The third kappa shape index (κ3) is 2.86. The van der Waals surface area contributed by atoms with E-state index >= 15 is 0 Å². The second kappa shape index (κ2) is 5.32. The predicted octanol–water partition coefficient (Wildman–Crippen LogP) is 4.46. The van der Waals surface area contributed by atoms with Crippen molar-refractivity contribution >= 4 is 27.4 Å². The van der Waals surface area contributed by atoms with E-state index in [9.17, 15) is 0 Å². The van der Waals surface area contributed by atoms with Crippen LogP contribution in [-0.4, -0.2) is 4.98 Å². The van der Waals surface area contributed by atoms with Gasteiger partial charge in [0.25, 0.3) is 0 Å². The molecule has 0 aliphatic carbocycles. The first kappa shape index (κ1) is 12.1. The Balaban J connectivity index is 2.28. The number of hydrogen-bond donors (Lipinski definition) is 1. The fraction of sp³-hybridized carbons (Fsp3) is 0.214. The zero-order chi connectivity index (χ0) is 12.3. The molecule has 0 aliphatic rings. The summed E-state index contributed by atoms with van der Waals surface area (Å²) in [6.45, 7) is 4.21. The number of anilines is 2. The highest BCUT2D eigenvalue weighted by Crippen LogP contribution is 2.26. The molecule has 2 nitrogen and oxygen atoms in total. The van der Waals surface area contributed by atoms with Gasteiger partial charge in [0.05, 0.1) is 4.47 Å². The molecule has 0 saturated heterocycles. The largest absolute Gasteiger partial charge is 0.339 e. The van der Waals surface area contributed by atoms with Gasteiger partial charge >= 0.3 is 0 Å². The summed E-state index contributed by atoms with van der Waals surface area (Å²) in [6, 6.07) is 10.4. The number of aromatic nitrogens is 1. The molecule has 0 unspecified atom stereocenters. The molecule has 1 heterocycles. The smallest absolute Gasteiger partial charge is 0.144 e. The lowest BCUT2D eigenvalue weighted by Crippen LogP contribution is -1.96. The molecular formula is C14H15BrN2. The lowest BCUT2D eigenvalue weighted by atomic mass is 10.1. The molecule has 1 N–H and O–H groups in total. The van der Waals surface area contributed by atoms with Crippen molar-refractivity contribution in [3.63, 3.8) is 0 Å². The van der Waals surface area contributed by atoms with Crippen LogP contribution >= 0.6 is 15.9 Å². The van der Waals surface area contributed by atoms with Crippen LogP contribution in [0.1, 0.15) is 18.1 Å². The maximum absolute atomic E-state index is 4.33. The molecule has 0 amide bonds. The topological polar surface area (TPSA) is 24.9 Å². The number of pyridine rings is 1. The molecule has 1 aromatic heterocycles. The average molecular weight is 291 g/mol. The first-order valence-electron chi connectivity index (χ1n) is 5.67. The van der Waals surface area contributed by atoms with Crippen LogP contribution in [0, 0.1) is 6.92 Å². The number of benzene rings is 1. The highest BCUT2D eigenvalue weighted by molar-refractivity contribution is 9.10. The van der Waals surface area contributed by atoms with Gasteiger partial charge in [0.1, 0.15) is 5.82 Å². The van der Waals surface area contributed by atoms with Gasteiger partial charge in [-0.25, -0.2) is 4.98 Å². The van der Waals surface area contributed by atoms with E-state index in [-0.39, 0.29) is 0 Å². The van der Waals surface area contributed by atoms with Crippen molar-refractivity contribution in [1.82, 2.24) is 4.98 Å². The number of hydrogen-bond acceptors (Lipinski definition) is 2. The third-order valence-electron chi connectivity index (χ3n) is 2.68. The normalized spacial score (nSPS) is 10.3. The molecule has 1 aromatic carbocycles. The van der Waals surface area contributed by atoms with Crippen LogP contribution in [0.5, 0.6) is 0 Å². The molecule has 0 bridgehead atoms. The molecule has 0 aliphatic heterocycles. The fourth-order valence-electron chi connectivity index (χ4n) is 1.63. The van der Waals surface area contributed by atoms with E-state index in [0.29, 0.717) is 0 Å². The second-order valence-electron chi connectivity index (χ2n) is 3.97. The number of nitrogens with one attached hydrogen (secondary N) is 1. The van der Waals surface area contributed by atoms with Gasteiger partial charge in [-0.2, -0.15) is 0 Å². The Morgan fingerprint density at radius 1 is 1.29 bits per heavy atom. The van der Waals surface area contributed by atoms with E-state index in [0.717, 1.165) is 22.4 Å². The first-order valence-corrected chi connectivity index (χ1v) is 6.47. The van der Waals surface area contributed by atoms with Gasteiger partial charge in [0.15, 0.2) is 0 Å². The Bertz CT molecular complexity index is 523. The van der Waals surface area contributed by atoms with Crippen LogP contribution in [0.2, 0.25) is 0 Å². The molecule has 17 heavy (non-hydrogen) atoms. The summed E-state index contributed by atoms with van der Waals surface area (Å²) in [6.07, 6.45) is 2.85. The van der Waals surface area contributed by atoms with Gasteiger partial charge in [0, 0.05) is 11.9 Å². The van der Waals surface area contributed by atoms with Crippen LogP contribution in [0.3, 0.4) is 0 Å². The molecule has 2 rings (SSSR count). The zero-order valence-corrected chi connectivity index (χ0v) is 11.6. The van der Waals surface area contributed by atoms with E-state index in [1.165, 1.54) is 11.1 Å². The summed E-state index contributed by atoms with van der Waals surface area (Å²) in [5.74, 6) is 0.859. The zero-order valence-electron chi connectivity index (χ0n) is 10.00. The molecule has 0 saturated carbocycles. The number of nitrogens with zero attached hydrogens (tertiary/aromatic N) is 1. The molecule has 3 heteroatoms. The lowest BCUT2D eigenvalue weighted by molar-refractivity contribution is 1.14. The molecular weight excluding hydrogens is 276 g/mol. The van der Waals surface area contributed by atoms with Crippen molar-refractivity contribution < 1.29 is 0 Å². The van der Waals surface area contributed by atoms with Crippen molar-refractivity contribution in [2.24, 2.45) is 0 Å². The van der Waals surface area contributed by atoms with Gasteiger partial charge in [0.2, 0.25) is 0 Å².